The lowest BCUT2D eigenvalue weighted by atomic mass is 9.91. The van der Waals surface area contributed by atoms with Crippen molar-refractivity contribution in [2.45, 2.75) is 77.7 Å². The van der Waals surface area contributed by atoms with Crippen LogP contribution < -0.4 is 0 Å². The van der Waals surface area contributed by atoms with E-state index in [1.54, 1.807) is 44.2 Å². The molecule has 1 fully saturated rings. The highest BCUT2D eigenvalue weighted by Gasteiger charge is 2.64. The predicted octanol–water partition coefficient (Wildman–Crippen LogP) is 1.66. The molecule has 0 amide bonds. The maximum Gasteiger partial charge on any atom is 0.350 e. The minimum atomic E-state index is -2.31. The lowest BCUT2D eigenvalue weighted by molar-refractivity contribution is -0.206. The van der Waals surface area contributed by atoms with E-state index in [2.05, 4.69) is 11.8 Å². The Kier molecular flexibility index (Phi) is 11.6. The third kappa shape index (κ3) is 7.58. The molecule has 1 heterocycles. The lowest BCUT2D eigenvalue weighted by Gasteiger charge is -2.34. The van der Waals surface area contributed by atoms with Gasteiger partial charge in [0.05, 0.1) is 19.8 Å². The smallest absolute Gasteiger partial charge is 0.350 e. The SMILES string of the molecule is CC#C[C@@]1(OC(C)=O)[C@@H](COC(Cc2ccccc2)(C(=O)OCC)C(=O)OCC)O[C@H](OC(C)=O)[C@@H]1OC(C)=O. The Labute approximate surface area is 232 Å². The van der Waals surface area contributed by atoms with Crippen molar-refractivity contribution in [1.29, 1.82) is 0 Å². The van der Waals surface area contributed by atoms with E-state index in [4.69, 9.17) is 33.2 Å². The third-order valence-corrected chi connectivity index (χ3v) is 5.64. The summed E-state index contributed by atoms with van der Waals surface area (Å²) in [5, 5.41) is 0. The van der Waals surface area contributed by atoms with Crippen LogP contribution in [0.25, 0.3) is 0 Å². The minimum absolute atomic E-state index is 0.0696. The van der Waals surface area contributed by atoms with Crippen molar-refractivity contribution < 1.29 is 57.1 Å². The lowest BCUT2D eigenvalue weighted by Crippen LogP contribution is -2.57. The standard InChI is InChI=1S/C28H34O12/c1-7-15-27(40-20(6)31)22(39-24(38-19(5)30)23(27)37-18(4)29)17-36-28(25(32)34-8-2,26(33)35-9-3)16-21-13-11-10-12-14-21/h10-14,22-24H,8-9,16-17H2,1-6H3/t22-,23+,24+,27-/m1/s1. The summed E-state index contributed by atoms with van der Waals surface area (Å²) >= 11 is 0. The quantitative estimate of drug-likeness (QED) is 0.158. The second kappa shape index (κ2) is 14.4. The van der Waals surface area contributed by atoms with Crippen molar-refractivity contribution in [3.05, 3.63) is 35.9 Å². The Hall–Kier alpha value is -3.95. The summed E-state index contributed by atoms with van der Waals surface area (Å²) in [5.41, 5.74) is -3.81. The van der Waals surface area contributed by atoms with Gasteiger partial charge in [-0.3, -0.25) is 14.4 Å². The molecule has 0 aliphatic carbocycles. The van der Waals surface area contributed by atoms with Crippen molar-refractivity contribution in [2.24, 2.45) is 0 Å². The largest absolute Gasteiger partial charge is 0.463 e. The van der Waals surface area contributed by atoms with Crippen LogP contribution in [0.3, 0.4) is 0 Å². The van der Waals surface area contributed by atoms with Crippen molar-refractivity contribution in [3.8, 4) is 11.8 Å². The molecular formula is C28H34O12. The molecule has 1 aliphatic rings. The molecule has 0 radical (unpaired) electrons. The molecule has 1 aliphatic heterocycles. The van der Waals surface area contributed by atoms with E-state index < -0.39 is 66.2 Å². The summed E-state index contributed by atoms with van der Waals surface area (Å²) in [7, 11) is 0. The first-order chi connectivity index (χ1) is 18.9. The minimum Gasteiger partial charge on any atom is -0.463 e. The molecule has 40 heavy (non-hydrogen) atoms. The Morgan fingerprint density at radius 1 is 0.900 bits per heavy atom. The van der Waals surface area contributed by atoms with Gasteiger partial charge in [0, 0.05) is 27.2 Å². The molecule has 0 saturated carbocycles. The Morgan fingerprint density at radius 2 is 1.48 bits per heavy atom. The van der Waals surface area contributed by atoms with Gasteiger partial charge < -0.3 is 33.2 Å². The number of rotatable bonds is 12. The zero-order valence-electron chi connectivity index (χ0n) is 23.3. The summed E-state index contributed by atoms with van der Waals surface area (Å²) in [4.78, 5) is 62.7. The van der Waals surface area contributed by atoms with E-state index in [0.717, 1.165) is 20.8 Å². The number of hydrogen-bond acceptors (Lipinski definition) is 12. The van der Waals surface area contributed by atoms with Gasteiger partial charge >= 0.3 is 29.8 Å². The van der Waals surface area contributed by atoms with Crippen LogP contribution in [0, 0.1) is 11.8 Å². The van der Waals surface area contributed by atoms with E-state index in [-0.39, 0.29) is 19.6 Å². The van der Waals surface area contributed by atoms with Crippen LogP contribution in [-0.2, 0) is 63.6 Å². The fourth-order valence-corrected chi connectivity index (χ4v) is 4.19. The Morgan fingerprint density at radius 3 is 1.95 bits per heavy atom. The molecule has 1 saturated heterocycles. The van der Waals surface area contributed by atoms with Crippen molar-refractivity contribution >= 4 is 29.8 Å². The number of hydrogen-bond donors (Lipinski definition) is 0. The molecule has 1 aromatic carbocycles. The summed E-state index contributed by atoms with van der Waals surface area (Å²) < 4.78 is 38.4. The predicted molar refractivity (Wildman–Crippen MR) is 136 cm³/mol. The van der Waals surface area contributed by atoms with E-state index in [1.165, 1.54) is 6.92 Å². The molecule has 2 rings (SSSR count). The van der Waals surface area contributed by atoms with Crippen LogP contribution >= 0.6 is 0 Å². The topological polar surface area (TPSA) is 150 Å². The molecule has 218 valence electrons. The Balaban J connectivity index is 2.64. The van der Waals surface area contributed by atoms with Crippen molar-refractivity contribution in [1.82, 2.24) is 0 Å². The van der Waals surface area contributed by atoms with Crippen LogP contribution in [0.15, 0.2) is 30.3 Å². The molecule has 12 heteroatoms. The molecule has 0 unspecified atom stereocenters. The molecule has 1 aromatic rings. The summed E-state index contributed by atoms with van der Waals surface area (Å²) in [6, 6.07) is 8.55. The van der Waals surface area contributed by atoms with Gasteiger partial charge in [0.2, 0.25) is 18.0 Å². The van der Waals surface area contributed by atoms with E-state index in [9.17, 15) is 24.0 Å². The highest BCUT2D eigenvalue weighted by molar-refractivity contribution is 6.04. The normalized spacial score (nSPS) is 21.8. The molecule has 0 N–H and O–H groups in total. The Bertz CT molecular complexity index is 1120. The fourth-order valence-electron chi connectivity index (χ4n) is 4.19. The van der Waals surface area contributed by atoms with Crippen LogP contribution in [0.1, 0.15) is 47.1 Å². The second-order valence-electron chi connectivity index (χ2n) is 8.64. The van der Waals surface area contributed by atoms with Crippen LogP contribution in [-0.4, -0.2) is 79.4 Å². The van der Waals surface area contributed by atoms with Gasteiger partial charge in [-0.25, -0.2) is 9.59 Å². The van der Waals surface area contributed by atoms with Crippen LogP contribution in [0.4, 0.5) is 0 Å². The zero-order valence-corrected chi connectivity index (χ0v) is 23.3. The molecular weight excluding hydrogens is 528 g/mol. The van der Waals surface area contributed by atoms with Gasteiger partial charge in [-0.1, -0.05) is 30.3 Å². The van der Waals surface area contributed by atoms with Crippen molar-refractivity contribution in [2.75, 3.05) is 19.8 Å². The first-order valence-corrected chi connectivity index (χ1v) is 12.6. The number of carbonyl (C=O) groups excluding carboxylic acids is 5. The molecule has 0 spiro atoms. The van der Waals surface area contributed by atoms with E-state index >= 15 is 0 Å². The van der Waals surface area contributed by atoms with Gasteiger partial charge in [0.15, 0.2) is 0 Å². The molecule has 0 bridgehead atoms. The number of esters is 5. The third-order valence-electron chi connectivity index (χ3n) is 5.64. The average Bonchev–Trinajstić information content (AvgIpc) is 3.12. The highest BCUT2D eigenvalue weighted by atomic mass is 16.8. The summed E-state index contributed by atoms with van der Waals surface area (Å²) in [6.07, 6.45) is -4.80. The van der Waals surface area contributed by atoms with Gasteiger partial charge in [0.25, 0.3) is 5.60 Å². The van der Waals surface area contributed by atoms with E-state index in [0.29, 0.717) is 5.56 Å². The number of benzene rings is 1. The fraction of sp³-hybridized carbons (Fsp3) is 0.536. The van der Waals surface area contributed by atoms with Gasteiger partial charge in [0.1, 0.15) is 6.10 Å². The average molecular weight is 563 g/mol. The van der Waals surface area contributed by atoms with Crippen molar-refractivity contribution in [3.63, 3.8) is 0 Å². The molecule has 12 nitrogen and oxygen atoms in total. The number of carbonyl (C=O) groups is 5. The van der Waals surface area contributed by atoms with Crippen LogP contribution in [0.5, 0.6) is 0 Å². The maximum absolute atomic E-state index is 13.3. The highest BCUT2D eigenvalue weighted by Crippen LogP contribution is 2.39. The molecule has 4 atom stereocenters. The summed E-state index contributed by atoms with van der Waals surface area (Å²) in [5.74, 6) is 0.824. The summed E-state index contributed by atoms with van der Waals surface area (Å²) in [6.45, 7) is 7.07. The molecule has 0 aromatic heterocycles. The number of ether oxygens (including phenoxy) is 7. The van der Waals surface area contributed by atoms with Gasteiger partial charge in [-0.15, -0.1) is 5.92 Å². The van der Waals surface area contributed by atoms with Gasteiger partial charge in [-0.05, 0) is 32.3 Å². The zero-order chi connectivity index (χ0) is 29.9. The monoisotopic (exact) mass is 562 g/mol. The van der Waals surface area contributed by atoms with Gasteiger partial charge in [-0.2, -0.15) is 0 Å². The second-order valence-corrected chi connectivity index (χ2v) is 8.64. The first-order valence-electron chi connectivity index (χ1n) is 12.6. The van der Waals surface area contributed by atoms with Crippen LogP contribution in [0.2, 0.25) is 0 Å². The first kappa shape index (κ1) is 32.3. The maximum atomic E-state index is 13.3. The van der Waals surface area contributed by atoms with E-state index in [1.807, 2.05) is 0 Å².